The highest BCUT2D eigenvalue weighted by Crippen LogP contribution is 2.19. The van der Waals surface area contributed by atoms with Crippen LogP contribution < -0.4 is 27.4 Å². The lowest BCUT2D eigenvalue weighted by Crippen LogP contribution is -2.59. The topological polar surface area (TPSA) is 238 Å². The first-order valence-corrected chi connectivity index (χ1v) is 12.7. The Morgan fingerprint density at radius 1 is 0.950 bits per heavy atom. The molecule has 0 aliphatic rings. The summed E-state index contributed by atoms with van der Waals surface area (Å²) in [5, 5.41) is 18.0. The second-order valence-corrected chi connectivity index (χ2v) is 9.81. The number of hydrogen-bond acceptors (Lipinski definition) is 7. The fraction of sp³-hybridized carbons (Fsp3) is 0.385. The Morgan fingerprint density at radius 2 is 1.65 bits per heavy atom. The molecule has 214 valence electrons. The van der Waals surface area contributed by atoms with E-state index in [0.29, 0.717) is 11.3 Å². The van der Waals surface area contributed by atoms with Crippen LogP contribution in [0, 0.1) is 5.92 Å². The van der Waals surface area contributed by atoms with Crippen LogP contribution in [0.25, 0.3) is 10.9 Å². The molecule has 3 rings (SSSR count). The summed E-state index contributed by atoms with van der Waals surface area (Å²) in [5.74, 6) is -4.89. The number of imidazole rings is 1. The summed E-state index contributed by atoms with van der Waals surface area (Å²) in [6.07, 6.45) is 4.16. The van der Waals surface area contributed by atoms with Crippen LogP contribution in [0.5, 0.6) is 0 Å². The van der Waals surface area contributed by atoms with E-state index in [1.165, 1.54) is 12.5 Å². The second-order valence-electron chi connectivity index (χ2n) is 9.81. The van der Waals surface area contributed by atoms with Crippen molar-refractivity contribution in [1.29, 1.82) is 0 Å². The number of H-pyrrole nitrogens is 2. The molecule has 14 heteroatoms. The van der Waals surface area contributed by atoms with Crippen LogP contribution in [0.2, 0.25) is 0 Å². The van der Waals surface area contributed by atoms with Gasteiger partial charge in [-0.15, -0.1) is 0 Å². The van der Waals surface area contributed by atoms with Crippen LogP contribution in [-0.2, 0) is 36.8 Å². The first kappa shape index (κ1) is 29.8. The largest absolute Gasteiger partial charge is 0.480 e. The van der Waals surface area contributed by atoms with Gasteiger partial charge in [0.2, 0.25) is 23.6 Å². The molecule has 4 amide bonds. The molecule has 0 spiro atoms. The number of carboxylic acid groups (broad SMARTS) is 1. The van der Waals surface area contributed by atoms with E-state index in [0.717, 1.165) is 10.9 Å². The third-order valence-corrected chi connectivity index (χ3v) is 6.33. The number of aliphatic carboxylic acids is 1. The summed E-state index contributed by atoms with van der Waals surface area (Å²) in [7, 11) is 0. The highest BCUT2D eigenvalue weighted by Gasteiger charge is 2.33. The van der Waals surface area contributed by atoms with Crippen molar-refractivity contribution in [3.05, 3.63) is 54.2 Å². The number of nitrogens with one attached hydrogen (secondary N) is 5. The molecule has 0 radical (unpaired) electrons. The monoisotopic (exact) mass is 554 g/mol. The number of aromatic amines is 2. The highest BCUT2D eigenvalue weighted by molar-refractivity contribution is 5.96. The quantitative estimate of drug-likeness (QED) is 0.124. The molecule has 40 heavy (non-hydrogen) atoms. The SMILES string of the molecule is CC(C)C(NC(=O)C(CC(N)=O)NC(=O)C(N)Cc1cnc[nH]1)C(=O)NC(Cc1c[nH]c2ccccc12)C(=O)O. The van der Waals surface area contributed by atoms with Crippen LogP contribution in [0.15, 0.2) is 43.0 Å². The molecule has 2 aromatic heterocycles. The number of nitrogens with zero attached hydrogens (tertiary/aromatic N) is 1. The summed E-state index contributed by atoms with van der Waals surface area (Å²) in [6, 6.07) is 2.42. The van der Waals surface area contributed by atoms with Gasteiger partial charge >= 0.3 is 5.97 Å². The standard InChI is InChI=1S/C26H34N8O6/c1-13(2)22(25(38)33-20(26(39)40)7-14-10-30-18-6-4-3-5-16(14)18)34-24(37)19(9-21(28)35)32-23(36)17(27)8-15-11-29-12-31-15/h3-6,10-13,17,19-20,22,30H,7-9,27H2,1-2H3,(H2,28,35)(H,29,31)(H,32,36)(H,33,38)(H,34,37)(H,39,40). The fourth-order valence-corrected chi connectivity index (χ4v) is 4.19. The van der Waals surface area contributed by atoms with E-state index in [4.69, 9.17) is 11.5 Å². The van der Waals surface area contributed by atoms with Gasteiger partial charge in [0.05, 0.1) is 18.8 Å². The Bertz CT molecular complexity index is 1350. The van der Waals surface area contributed by atoms with Crippen molar-refractivity contribution >= 4 is 40.5 Å². The van der Waals surface area contributed by atoms with E-state index in [1.54, 1.807) is 20.0 Å². The maximum atomic E-state index is 13.2. The molecule has 4 unspecified atom stereocenters. The third kappa shape index (κ3) is 7.89. The normalized spacial score (nSPS) is 14.2. The van der Waals surface area contributed by atoms with Gasteiger partial charge in [-0.2, -0.15) is 0 Å². The van der Waals surface area contributed by atoms with Crippen LogP contribution in [0.3, 0.4) is 0 Å². The summed E-state index contributed by atoms with van der Waals surface area (Å²) in [6.45, 7) is 3.31. The molecule has 0 saturated heterocycles. The lowest BCUT2D eigenvalue weighted by Gasteiger charge is -2.26. The lowest BCUT2D eigenvalue weighted by atomic mass is 10.00. The predicted octanol–water partition coefficient (Wildman–Crippen LogP) is -0.926. The number of fused-ring (bicyclic) bond motifs is 1. The number of primary amides is 1. The molecule has 0 fully saturated rings. The number of carbonyl (C=O) groups is 5. The highest BCUT2D eigenvalue weighted by atomic mass is 16.4. The Hall–Kier alpha value is -4.72. The van der Waals surface area contributed by atoms with Crippen LogP contribution in [-0.4, -0.2) is 73.8 Å². The van der Waals surface area contributed by atoms with Gasteiger partial charge in [-0.3, -0.25) is 19.2 Å². The number of aromatic nitrogens is 3. The third-order valence-electron chi connectivity index (χ3n) is 6.33. The number of benzene rings is 1. The number of nitrogens with two attached hydrogens (primary N) is 2. The van der Waals surface area contributed by atoms with Crippen molar-refractivity contribution in [2.45, 2.75) is 57.3 Å². The number of hydrogen-bond donors (Lipinski definition) is 8. The Kier molecular flexibility index (Phi) is 9.97. The Labute approximate surface area is 229 Å². The first-order chi connectivity index (χ1) is 19.0. The van der Waals surface area contributed by atoms with Crippen LogP contribution in [0.4, 0.5) is 0 Å². The second kappa shape index (κ2) is 13.4. The zero-order chi connectivity index (χ0) is 29.4. The van der Waals surface area contributed by atoms with E-state index < -0.39 is 66.1 Å². The van der Waals surface area contributed by atoms with E-state index in [1.807, 2.05) is 24.3 Å². The summed E-state index contributed by atoms with van der Waals surface area (Å²) in [5.41, 5.74) is 13.3. The number of para-hydroxylation sites is 1. The van der Waals surface area contributed by atoms with Gasteiger partial charge in [-0.1, -0.05) is 32.0 Å². The number of carboxylic acids is 1. The average Bonchev–Trinajstić information content (AvgIpc) is 3.55. The van der Waals surface area contributed by atoms with Gasteiger partial charge in [-0.25, -0.2) is 9.78 Å². The van der Waals surface area contributed by atoms with Gasteiger partial charge in [0.1, 0.15) is 18.1 Å². The maximum absolute atomic E-state index is 13.2. The maximum Gasteiger partial charge on any atom is 0.326 e. The molecular formula is C26H34N8O6. The Balaban J connectivity index is 1.69. The summed E-state index contributed by atoms with van der Waals surface area (Å²) in [4.78, 5) is 72.3. The smallest absolute Gasteiger partial charge is 0.326 e. The van der Waals surface area contributed by atoms with E-state index in [-0.39, 0.29) is 12.8 Å². The van der Waals surface area contributed by atoms with Crippen molar-refractivity contribution in [3.8, 4) is 0 Å². The summed E-state index contributed by atoms with van der Waals surface area (Å²) < 4.78 is 0. The van der Waals surface area contributed by atoms with Crippen molar-refractivity contribution in [2.24, 2.45) is 17.4 Å². The number of rotatable bonds is 14. The van der Waals surface area contributed by atoms with Gasteiger partial charge in [0.25, 0.3) is 0 Å². The molecule has 1 aromatic carbocycles. The van der Waals surface area contributed by atoms with Gasteiger partial charge in [0, 0.05) is 41.8 Å². The zero-order valence-corrected chi connectivity index (χ0v) is 22.1. The average molecular weight is 555 g/mol. The minimum absolute atomic E-state index is 0.00156. The lowest BCUT2D eigenvalue weighted by molar-refractivity contribution is -0.142. The predicted molar refractivity (Wildman–Crippen MR) is 144 cm³/mol. The molecule has 0 aliphatic carbocycles. The van der Waals surface area contributed by atoms with Crippen molar-refractivity contribution < 1.29 is 29.1 Å². The number of amides is 4. The van der Waals surface area contributed by atoms with Gasteiger partial charge in [0.15, 0.2) is 0 Å². The van der Waals surface area contributed by atoms with Gasteiger partial charge in [-0.05, 0) is 17.5 Å². The first-order valence-electron chi connectivity index (χ1n) is 12.7. The molecular weight excluding hydrogens is 520 g/mol. The molecule has 4 atom stereocenters. The summed E-state index contributed by atoms with van der Waals surface area (Å²) >= 11 is 0. The van der Waals surface area contributed by atoms with Crippen molar-refractivity contribution in [1.82, 2.24) is 30.9 Å². The fourth-order valence-electron chi connectivity index (χ4n) is 4.19. The molecule has 14 nitrogen and oxygen atoms in total. The Morgan fingerprint density at radius 3 is 2.27 bits per heavy atom. The van der Waals surface area contributed by atoms with Crippen molar-refractivity contribution in [3.63, 3.8) is 0 Å². The van der Waals surface area contributed by atoms with E-state index >= 15 is 0 Å². The van der Waals surface area contributed by atoms with Crippen LogP contribution >= 0.6 is 0 Å². The molecule has 0 saturated carbocycles. The van der Waals surface area contributed by atoms with E-state index in [9.17, 15) is 29.1 Å². The molecule has 0 bridgehead atoms. The molecule has 0 aliphatic heterocycles. The molecule has 3 aromatic rings. The zero-order valence-electron chi connectivity index (χ0n) is 22.1. The van der Waals surface area contributed by atoms with E-state index in [2.05, 4.69) is 30.9 Å². The van der Waals surface area contributed by atoms with Crippen LogP contribution in [0.1, 0.15) is 31.5 Å². The molecule has 10 N–H and O–H groups in total. The molecule has 2 heterocycles. The number of carbonyl (C=O) groups excluding carboxylic acids is 4. The van der Waals surface area contributed by atoms with Gasteiger partial charge < -0.3 is 42.5 Å². The van der Waals surface area contributed by atoms with Crippen molar-refractivity contribution in [2.75, 3.05) is 0 Å². The minimum Gasteiger partial charge on any atom is -0.480 e. The minimum atomic E-state index is -1.41.